The predicted molar refractivity (Wildman–Crippen MR) is 72.9 cm³/mol. The van der Waals surface area contributed by atoms with Crippen LogP contribution in [0.2, 0.25) is 0 Å². The third-order valence-corrected chi connectivity index (χ3v) is 3.08. The van der Waals surface area contributed by atoms with E-state index in [0.29, 0.717) is 23.4 Å². The number of aryl methyl sites for hydroxylation is 1. The Balaban J connectivity index is 2.03. The van der Waals surface area contributed by atoms with Gasteiger partial charge in [-0.3, -0.25) is 9.36 Å². The zero-order chi connectivity index (χ0) is 13.0. The molecule has 0 aliphatic rings. The van der Waals surface area contributed by atoms with E-state index in [1.54, 1.807) is 11.5 Å². The Morgan fingerprint density at radius 1 is 1.33 bits per heavy atom. The highest BCUT2D eigenvalue weighted by Crippen LogP contribution is 2.08. The maximum Gasteiger partial charge on any atom is 0.267 e. The van der Waals surface area contributed by atoms with Crippen molar-refractivity contribution < 1.29 is 4.74 Å². The fourth-order valence-electron chi connectivity index (χ4n) is 1.59. The molecule has 0 radical (unpaired) electrons. The molecule has 1 aromatic carbocycles. The van der Waals surface area contributed by atoms with Crippen LogP contribution in [0.1, 0.15) is 5.82 Å². The molecule has 0 spiro atoms. The molecule has 1 aromatic heterocycles. The summed E-state index contributed by atoms with van der Waals surface area (Å²) in [4.78, 5) is 16.0. The van der Waals surface area contributed by atoms with E-state index in [0.717, 1.165) is 5.75 Å². The van der Waals surface area contributed by atoms with E-state index in [1.165, 1.54) is 6.20 Å². The van der Waals surface area contributed by atoms with Crippen LogP contribution < -0.4 is 10.3 Å². The SMILES string of the molecule is Cc1ncc(Br)c(=O)n1CCOc1ccccc1. The lowest BCUT2D eigenvalue weighted by atomic mass is 10.3. The minimum absolute atomic E-state index is 0.0841. The third kappa shape index (κ3) is 2.98. The highest BCUT2D eigenvalue weighted by molar-refractivity contribution is 9.10. The topological polar surface area (TPSA) is 44.1 Å². The second kappa shape index (κ2) is 5.82. The summed E-state index contributed by atoms with van der Waals surface area (Å²) in [6.45, 7) is 2.71. The van der Waals surface area contributed by atoms with E-state index >= 15 is 0 Å². The molecule has 0 N–H and O–H groups in total. The van der Waals surface area contributed by atoms with Gasteiger partial charge < -0.3 is 4.74 Å². The van der Waals surface area contributed by atoms with Crippen LogP contribution in [-0.2, 0) is 6.54 Å². The summed E-state index contributed by atoms with van der Waals surface area (Å²) in [5, 5.41) is 0. The summed E-state index contributed by atoms with van der Waals surface area (Å²) >= 11 is 3.18. The van der Waals surface area contributed by atoms with Crippen LogP contribution in [0.3, 0.4) is 0 Å². The Morgan fingerprint density at radius 2 is 2.06 bits per heavy atom. The number of ether oxygens (including phenoxy) is 1. The molecule has 0 fully saturated rings. The minimum atomic E-state index is -0.0841. The van der Waals surface area contributed by atoms with Gasteiger partial charge in [0.1, 0.15) is 22.7 Å². The average molecular weight is 309 g/mol. The van der Waals surface area contributed by atoms with Gasteiger partial charge in [0.15, 0.2) is 0 Å². The third-order valence-electron chi connectivity index (χ3n) is 2.53. The van der Waals surface area contributed by atoms with Crippen molar-refractivity contribution in [2.24, 2.45) is 0 Å². The van der Waals surface area contributed by atoms with Gasteiger partial charge in [-0.25, -0.2) is 4.98 Å². The molecule has 0 bridgehead atoms. The van der Waals surface area contributed by atoms with Crippen molar-refractivity contribution in [1.82, 2.24) is 9.55 Å². The van der Waals surface area contributed by atoms with Gasteiger partial charge in [0.25, 0.3) is 5.56 Å². The number of para-hydroxylation sites is 1. The van der Waals surface area contributed by atoms with Crippen molar-refractivity contribution in [3.8, 4) is 5.75 Å². The highest BCUT2D eigenvalue weighted by atomic mass is 79.9. The first kappa shape index (κ1) is 12.8. The molecule has 0 amide bonds. The summed E-state index contributed by atoms with van der Waals surface area (Å²) < 4.78 is 7.61. The lowest BCUT2D eigenvalue weighted by Gasteiger charge is -2.10. The summed E-state index contributed by atoms with van der Waals surface area (Å²) in [5.41, 5.74) is -0.0841. The van der Waals surface area contributed by atoms with E-state index in [-0.39, 0.29) is 5.56 Å². The molecule has 1 heterocycles. The van der Waals surface area contributed by atoms with Crippen LogP contribution in [0, 0.1) is 6.92 Å². The van der Waals surface area contributed by atoms with Crippen LogP contribution >= 0.6 is 15.9 Å². The lowest BCUT2D eigenvalue weighted by molar-refractivity contribution is 0.294. The van der Waals surface area contributed by atoms with Gasteiger partial charge in [0, 0.05) is 6.20 Å². The summed E-state index contributed by atoms with van der Waals surface area (Å²) in [5.74, 6) is 1.48. The second-order valence-corrected chi connectivity index (χ2v) is 4.63. The number of hydrogen-bond acceptors (Lipinski definition) is 3. The Hall–Kier alpha value is -1.62. The van der Waals surface area contributed by atoms with Crippen molar-refractivity contribution in [3.05, 3.63) is 57.2 Å². The zero-order valence-electron chi connectivity index (χ0n) is 9.97. The molecule has 2 rings (SSSR count). The zero-order valence-corrected chi connectivity index (χ0v) is 11.6. The van der Waals surface area contributed by atoms with E-state index in [2.05, 4.69) is 20.9 Å². The van der Waals surface area contributed by atoms with Crippen LogP contribution in [0.25, 0.3) is 0 Å². The smallest absolute Gasteiger partial charge is 0.267 e. The van der Waals surface area contributed by atoms with Crippen molar-refractivity contribution >= 4 is 15.9 Å². The molecule has 0 aliphatic carbocycles. The fourth-order valence-corrected chi connectivity index (χ4v) is 1.90. The summed E-state index contributed by atoms with van der Waals surface area (Å²) in [6, 6.07) is 9.52. The van der Waals surface area contributed by atoms with Gasteiger partial charge in [-0.2, -0.15) is 0 Å². The lowest BCUT2D eigenvalue weighted by Crippen LogP contribution is -2.26. The number of aromatic nitrogens is 2. The first-order valence-corrected chi connectivity index (χ1v) is 6.37. The maximum atomic E-state index is 11.9. The molecule has 0 unspecified atom stereocenters. The van der Waals surface area contributed by atoms with Gasteiger partial charge in [0.05, 0.1) is 6.54 Å². The largest absolute Gasteiger partial charge is 0.492 e. The molecular formula is C13H13BrN2O2. The molecule has 0 saturated carbocycles. The van der Waals surface area contributed by atoms with Crippen molar-refractivity contribution in [2.45, 2.75) is 13.5 Å². The highest BCUT2D eigenvalue weighted by Gasteiger charge is 2.05. The number of benzene rings is 1. The second-order valence-electron chi connectivity index (χ2n) is 3.77. The molecule has 94 valence electrons. The molecule has 0 aliphatic heterocycles. The quantitative estimate of drug-likeness (QED) is 0.871. The van der Waals surface area contributed by atoms with Gasteiger partial charge in [-0.1, -0.05) is 18.2 Å². The Kier molecular flexibility index (Phi) is 4.15. The van der Waals surface area contributed by atoms with Crippen LogP contribution in [0.4, 0.5) is 0 Å². The van der Waals surface area contributed by atoms with Gasteiger partial charge >= 0.3 is 0 Å². The van der Waals surface area contributed by atoms with Gasteiger partial charge in [-0.15, -0.1) is 0 Å². The Labute approximate surface area is 113 Å². The summed E-state index contributed by atoms with van der Waals surface area (Å²) in [6.07, 6.45) is 1.52. The molecule has 0 saturated heterocycles. The normalized spacial score (nSPS) is 10.3. The fraction of sp³-hybridized carbons (Fsp3) is 0.231. The number of rotatable bonds is 4. The van der Waals surface area contributed by atoms with Crippen molar-refractivity contribution in [3.63, 3.8) is 0 Å². The Morgan fingerprint density at radius 3 is 2.78 bits per heavy atom. The number of halogens is 1. The first-order valence-electron chi connectivity index (χ1n) is 5.58. The molecule has 0 atom stereocenters. The first-order chi connectivity index (χ1) is 8.68. The maximum absolute atomic E-state index is 11.9. The number of hydrogen-bond donors (Lipinski definition) is 0. The molecule has 2 aromatic rings. The predicted octanol–water partition coefficient (Wildman–Crippen LogP) is 2.39. The standard InChI is InChI=1S/C13H13BrN2O2/c1-10-15-9-12(14)13(17)16(10)7-8-18-11-5-3-2-4-6-11/h2-6,9H,7-8H2,1H3. The monoisotopic (exact) mass is 308 g/mol. The average Bonchev–Trinajstić information content (AvgIpc) is 2.39. The van der Waals surface area contributed by atoms with Crippen LogP contribution in [0.15, 0.2) is 45.8 Å². The molecule has 4 nitrogen and oxygen atoms in total. The Bertz CT molecular complexity index is 581. The van der Waals surface area contributed by atoms with E-state index < -0.39 is 0 Å². The van der Waals surface area contributed by atoms with Crippen LogP contribution in [0.5, 0.6) is 5.75 Å². The number of nitrogens with zero attached hydrogens (tertiary/aromatic N) is 2. The molecule has 18 heavy (non-hydrogen) atoms. The summed E-state index contributed by atoms with van der Waals surface area (Å²) in [7, 11) is 0. The molecule has 5 heteroatoms. The van der Waals surface area contributed by atoms with E-state index in [1.807, 2.05) is 30.3 Å². The molecular weight excluding hydrogens is 296 g/mol. The van der Waals surface area contributed by atoms with Crippen molar-refractivity contribution in [2.75, 3.05) is 6.61 Å². The van der Waals surface area contributed by atoms with Gasteiger partial charge in [0.2, 0.25) is 0 Å². The van der Waals surface area contributed by atoms with E-state index in [9.17, 15) is 4.79 Å². The minimum Gasteiger partial charge on any atom is -0.492 e. The van der Waals surface area contributed by atoms with Crippen molar-refractivity contribution in [1.29, 1.82) is 0 Å². The van der Waals surface area contributed by atoms with Crippen LogP contribution in [-0.4, -0.2) is 16.2 Å². The van der Waals surface area contributed by atoms with Gasteiger partial charge in [-0.05, 0) is 35.0 Å². The van der Waals surface area contributed by atoms with E-state index in [4.69, 9.17) is 4.74 Å².